The number of nitrogens with one attached hydrogen (secondary N) is 1. The Morgan fingerprint density at radius 3 is 2.68 bits per heavy atom. The van der Waals surface area contributed by atoms with Gasteiger partial charge in [0.25, 0.3) is 0 Å². The van der Waals surface area contributed by atoms with Gasteiger partial charge in [-0.2, -0.15) is 0 Å². The maximum atomic E-state index is 13.8. The van der Waals surface area contributed by atoms with E-state index in [1.807, 2.05) is 25.1 Å². The highest BCUT2D eigenvalue weighted by Gasteiger charge is 2.13. The lowest BCUT2D eigenvalue weighted by Gasteiger charge is -2.18. The van der Waals surface area contributed by atoms with E-state index in [0.29, 0.717) is 12.0 Å². The van der Waals surface area contributed by atoms with Gasteiger partial charge in [-0.3, -0.25) is 4.98 Å². The smallest absolute Gasteiger partial charge is 0.126 e. The Balaban J connectivity index is 2.24. The van der Waals surface area contributed by atoms with Crippen LogP contribution in [0.1, 0.15) is 24.1 Å². The Kier molecular flexibility index (Phi) is 5.05. The molecule has 0 radical (unpaired) electrons. The Morgan fingerprint density at radius 1 is 1.26 bits per heavy atom. The molecule has 100 valence electrons. The van der Waals surface area contributed by atoms with Gasteiger partial charge in [-0.25, -0.2) is 4.39 Å². The minimum atomic E-state index is -0.167. The van der Waals surface area contributed by atoms with Crippen LogP contribution in [0, 0.1) is 5.82 Å². The van der Waals surface area contributed by atoms with Gasteiger partial charge >= 0.3 is 0 Å². The summed E-state index contributed by atoms with van der Waals surface area (Å²) in [5.41, 5.74) is 1.83. The molecular weight excluding hydrogens is 307 g/mol. The van der Waals surface area contributed by atoms with Crippen molar-refractivity contribution in [1.29, 1.82) is 0 Å². The molecule has 0 bridgehead atoms. The summed E-state index contributed by atoms with van der Waals surface area (Å²) in [6.45, 7) is 2.88. The monoisotopic (exact) mass is 322 g/mol. The summed E-state index contributed by atoms with van der Waals surface area (Å²) >= 11 is 3.38. The summed E-state index contributed by atoms with van der Waals surface area (Å²) in [7, 11) is 0. The third-order valence-electron chi connectivity index (χ3n) is 2.99. The third-order valence-corrected chi connectivity index (χ3v) is 3.48. The summed E-state index contributed by atoms with van der Waals surface area (Å²) in [6.07, 6.45) is 4.14. The molecule has 0 fully saturated rings. The van der Waals surface area contributed by atoms with Gasteiger partial charge in [0.2, 0.25) is 0 Å². The maximum Gasteiger partial charge on any atom is 0.126 e. The number of likely N-dealkylation sites (N-methyl/N-ethyl adjacent to an activating group) is 1. The van der Waals surface area contributed by atoms with Crippen molar-refractivity contribution in [2.45, 2.75) is 19.4 Å². The largest absolute Gasteiger partial charge is 0.310 e. The second-order valence-electron chi connectivity index (χ2n) is 4.33. The average molecular weight is 323 g/mol. The van der Waals surface area contributed by atoms with Crippen molar-refractivity contribution < 1.29 is 4.39 Å². The van der Waals surface area contributed by atoms with Crippen LogP contribution in [0.2, 0.25) is 0 Å². The fourth-order valence-corrected chi connectivity index (χ4v) is 2.48. The summed E-state index contributed by atoms with van der Waals surface area (Å²) in [6, 6.07) is 9.06. The molecule has 1 atom stereocenters. The number of pyridine rings is 1. The molecule has 0 spiro atoms. The summed E-state index contributed by atoms with van der Waals surface area (Å²) in [4.78, 5) is 4.02. The lowest BCUT2D eigenvalue weighted by atomic mass is 9.99. The summed E-state index contributed by atoms with van der Waals surface area (Å²) in [5.74, 6) is -0.167. The van der Waals surface area contributed by atoms with Crippen molar-refractivity contribution in [3.05, 3.63) is 64.1 Å². The van der Waals surface area contributed by atoms with Crippen LogP contribution in [0.5, 0.6) is 0 Å². The summed E-state index contributed by atoms with van der Waals surface area (Å²) < 4.78 is 14.7. The Labute approximate surface area is 121 Å². The molecule has 19 heavy (non-hydrogen) atoms. The molecule has 2 nitrogen and oxygen atoms in total. The minimum absolute atomic E-state index is 0.0943. The van der Waals surface area contributed by atoms with E-state index in [9.17, 15) is 4.39 Å². The van der Waals surface area contributed by atoms with Crippen molar-refractivity contribution in [3.63, 3.8) is 0 Å². The van der Waals surface area contributed by atoms with Crippen LogP contribution in [-0.2, 0) is 6.42 Å². The van der Waals surface area contributed by atoms with E-state index in [0.717, 1.165) is 16.6 Å². The minimum Gasteiger partial charge on any atom is -0.310 e. The molecule has 1 aromatic heterocycles. The van der Waals surface area contributed by atoms with Gasteiger partial charge in [0.15, 0.2) is 0 Å². The maximum absolute atomic E-state index is 13.8. The molecule has 2 rings (SSSR count). The van der Waals surface area contributed by atoms with Gasteiger partial charge < -0.3 is 5.32 Å². The van der Waals surface area contributed by atoms with E-state index in [1.54, 1.807) is 18.5 Å². The number of aromatic nitrogens is 1. The van der Waals surface area contributed by atoms with Crippen LogP contribution < -0.4 is 5.32 Å². The molecule has 1 aromatic carbocycles. The zero-order valence-electron chi connectivity index (χ0n) is 10.7. The van der Waals surface area contributed by atoms with Gasteiger partial charge in [-0.1, -0.05) is 22.9 Å². The first-order chi connectivity index (χ1) is 9.20. The molecule has 2 aromatic rings. The quantitative estimate of drug-likeness (QED) is 0.903. The topological polar surface area (TPSA) is 24.9 Å². The third kappa shape index (κ3) is 3.85. The highest BCUT2D eigenvalue weighted by atomic mass is 79.9. The van der Waals surface area contributed by atoms with Crippen molar-refractivity contribution in [2.24, 2.45) is 0 Å². The van der Waals surface area contributed by atoms with Gasteiger partial charge in [-0.05, 0) is 54.4 Å². The Bertz CT molecular complexity index is 531. The highest BCUT2D eigenvalue weighted by molar-refractivity contribution is 9.10. The lowest BCUT2D eigenvalue weighted by molar-refractivity contribution is 0.527. The summed E-state index contributed by atoms with van der Waals surface area (Å²) in [5, 5.41) is 3.38. The second kappa shape index (κ2) is 6.78. The van der Waals surface area contributed by atoms with Crippen LogP contribution in [0.3, 0.4) is 0 Å². The first-order valence-electron chi connectivity index (χ1n) is 6.28. The molecule has 4 heteroatoms. The molecular formula is C15H16BrFN2. The number of hydrogen-bond donors (Lipinski definition) is 1. The lowest BCUT2D eigenvalue weighted by Crippen LogP contribution is -2.23. The van der Waals surface area contributed by atoms with E-state index in [4.69, 9.17) is 0 Å². The second-order valence-corrected chi connectivity index (χ2v) is 5.25. The van der Waals surface area contributed by atoms with E-state index >= 15 is 0 Å². The number of halogens is 2. The van der Waals surface area contributed by atoms with Crippen molar-refractivity contribution in [3.8, 4) is 0 Å². The molecule has 1 N–H and O–H groups in total. The molecule has 0 amide bonds. The van der Waals surface area contributed by atoms with E-state index in [2.05, 4.69) is 26.2 Å². The SMILES string of the molecule is CCNC(Cc1cc(Br)ccc1F)c1ccncc1. The number of benzene rings is 1. The standard InChI is InChI=1S/C15H16BrFN2/c1-2-19-15(11-5-7-18-8-6-11)10-12-9-13(16)3-4-14(12)17/h3-9,15,19H,2,10H2,1H3. The predicted molar refractivity (Wildman–Crippen MR) is 78.5 cm³/mol. The van der Waals surface area contributed by atoms with Crippen molar-refractivity contribution in [1.82, 2.24) is 10.3 Å². The van der Waals surface area contributed by atoms with Crippen LogP contribution in [0.4, 0.5) is 4.39 Å². The Hall–Kier alpha value is -1.26. The molecule has 0 saturated heterocycles. The van der Waals surface area contributed by atoms with Gasteiger partial charge in [-0.15, -0.1) is 0 Å². The van der Waals surface area contributed by atoms with Crippen LogP contribution in [-0.4, -0.2) is 11.5 Å². The van der Waals surface area contributed by atoms with Crippen molar-refractivity contribution in [2.75, 3.05) is 6.54 Å². The number of nitrogens with zero attached hydrogens (tertiary/aromatic N) is 1. The zero-order chi connectivity index (χ0) is 13.7. The molecule has 0 aliphatic rings. The fourth-order valence-electron chi connectivity index (χ4n) is 2.07. The molecule has 1 unspecified atom stereocenters. The first kappa shape index (κ1) is 14.2. The molecule has 0 saturated carbocycles. The fraction of sp³-hybridized carbons (Fsp3) is 0.267. The van der Waals surface area contributed by atoms with E-state index in [-0.39, 0.29) is 11.9 Å². The van der Waals surface area contributed by atoms with Gasteiger partial charge in [0, 0.05) is 22.9 Å². The van der Waals surface area contributed by atoms with E-state index in [1.165, 1.54) is 6.07 Å². The van der Waals surface area contributed by atoms with Crippen LogP contribution in [0.25, 0.3) is 0 Å². The predicted octanol–water partition coefficient (Wildman–Crippen LogP) is 3.88. The Morgan fingerprint density at radius 2 is 2.00 bits per heavy atom. The first-order valence-corrected chi connectivity index (χ1v) is 7.07. The van der Waals surface area contributed by atoms with Crippen LogP contribution >= 0.6 is 15.9 Å². The number of rotatable bonds is 5. The molecule has 0 aliphatic heterocycles. The average Bonchev–Trinajstić information content (AvgIpc) is 2.43. The highest BCUT2D eigenvalue weighted by Crippen LogP contribution is 2.22. The molecule has 1 heterocycles. The van der Waals surface area contributed by atoms with E-state index < -0.39 is 0 Å². The zero-order valence-corrected chi connectivity index (χ0v) is 12.3. The van der Waals surface area contributed by atoms with Crippen molar-refractivity contribution >= 4 is 15.9 Å². The normalized spacial score (nSPS) is 12.4. The van der Waals surface area contributed by atoms with Gasteiger partial charge in [0.1, 0.15) is 5.82 Å². The van der Waals surface area contributed by atoms with Crippen LogP contribution in [0.15, 0.2) is 47.2 Å². The number of hydrogen-bond acceptors (Lipinski definition) is 2. The molecule has 0 aliphatic carbocycles. The van der Waals surface area contributed by atoms with Gasteiger partial charge in [0.05, 0.1) is 0 Å².